The van der Waals surface area contributed by atoms with Gasteiger partial charge in [-0.15, -0.1) is 0 Å². The summed E-state index contributed by atoms with van der Waals surface area (Å²) >= 11 is 0. The summed E-state index contributed by atoms with van der Waals surface area (Å²) in [6, 6.07) is 4.89. The number of anilines is 2. The van der Waals surface area contributed by atoms with E-state index in [0.29, 0.717) is 13.2 Å². The van der Waals surface area contributed by atoms with Crippen LogP contribution in [0.1, 0.15) is 13.8 Å². The van der Waals surface area contributed by atoms with Crippen LogP contribution >= 0.6 is 0 Å². The Bertz CT molecular complexity index is 544. The van der Waals surface area contributed by atoms with E-state index in [2.05, 4.69) is 4.72 Å². The van der Waals surface area contributed by atoms with Crippen LogP contribution in [0, 0.1) is 0 Å². The highest BCUT2D eigenvalue weighted by Crippen LogP contribution is 2.24. The van der Waals surface area contributed by atoms with Crippen LogP contribution in [-0.2, 0) is 14.8 Å². The minimum absolute atomic E-state index is 0.0931. The molecule has 7 heteroatoms. The highest BCUT2D eigenvalue weighted by atomic mass is 32.2. The number of nitrogens with two attached hydrogens (primary N) is 1. The third-order valence-electron chi connectivity index (χ3n) is 2.87. The molecular weight excluding hydrogens is 278 g/mol. The van der Waals surface area contributed by atoms with Gasteiger partial charge in [0.2, 0.25) is 10.0 Å². The smallest absolute Gasteiger partial charge is 0.242 e. The van der Waals surface area contributed by atoms with Crippen molar-refractivity contribution in [2.75, 3.05) is 37.9 Å². The fourth-order valence-electron chi connectivity index (χ4n) is 1.68. The van der Waals surface area contributed by atoms with Crippen molar-refractivity contribution in [3.63, 3.8) is 0 Å². The zero-order valence-corrected chi connectivity index (χ0v) is 13.2. The summed E-state index contributed by atoms with van der Waals surface area (Å²) in [4.78, 5) is 2.06. The molecule has 0 unspecified atom stereocenters. The number of benzene rings is 1. The lowest BCUT2D eigenvalue weighted by Gasteiger charge is -2.21. The van der Waals surface area contributed by atoms with Crippen LogP contribution in [0.5, 0.6) is 0 Å². The van der Waals surface area contributed by atoms with E-state index >= 15 is 0 Å². The summed E-state index contributed by atoms with van der Waals surface area (Å²) < 4.78 is 31.2. The molecule has 0 fully saturated rings. The highest BCUT2D eigenvalue weighted by Gasteiger charge is 2.16. The molecule has 0 saturated carbocycles. The zero-order valence-electron chi connectivity index (χ0n) is 12.4. The molecule has 0 atom stereocenters. The van der Waals surface area contributed by atoms with Crippen molar-refractivity contribution >= 4 is 21.4 Å². The van der Waals surface area contributed by atoms with Crippen LogP contribution < -0.4 is 15.4 Å². The third-order valence-corrected chi connectivity index (χ3v) is 4.36. The third kappa shape index (κ3) is 4.36. The number of ether oxygens (including phenoxy) is 1. The monoisotopic (exact) mass is 301 g/mol. The lowest BCUT2D eigenvalue weighted by atomic mass is 10.2. The molecule has 0 aliphatic carbocycles. The first-order chi connectivity index (χ1) is 9.27. The van der Waals surface area contributed by atoms with Gasteiger partial charge in [0.05, 0.1) is 18.4 Å². The molecule has 0 saturated heterocycles. The molecule has 0 amide bonds. The predicted octanol–water partition coefficient (Wildman–Crippen LogP) is 1.04. The number of likely N-dealkylation sites (N-methyl/N-ethyl adjacent to an activating group) is 1. The summed E-state index contributed by atoms with van der Waals surface area (Å²) in [6.45, 7) is 5.27. The number of hydrogen-bond donors (Lipinski definition) is 2. The molecule has 1 aromatic carbocycles. The van der Waals surface area contributed by atoms with Crippen molar-refractivity contribution < 1.29 is 13.2 Å². The van der Waals surface area contributed by atoms with E-state index in [-0.39, 0.29) is 16.7 Å². The summed E-state index contributed by atoms with van der Waals surface area (Å²) in [6.07, 6.45) is 0.191. The minimum atomic E-state index is -3.52. The van der Waals surface area contributed by atoms with E-state index in [4.69, 9.17) is 10.5 Å². The number of nitrogen functional groups attached to an aromatic ring is 1. The van der Waals surface area contributed by atoms with Crippen molar-refractivity contribution in [2.45, 2.75) is 24.8 Å². The highest BCUT2D eigenvalue weighted by molar-refractivity contribution is 7.89. The normalized spacial score (nSPS) is 11.8. The first-order valence-electron chi connectivity index (χ1n) is 6.43. The van der Waals surface area contributed by atoms with E-state index in [1.807, 2.05) is 25.8 Å². The Kier molecular flexibility index (Phi) is 5.79. The summed E-state index contributed by atoms with van der Waals surface area (Å²) in [5.41, 5.74) is 6.90. The maximum Gasteiger partial charge on any atom is 0.242 e. The molecule has 20 heavy (non-hydrogen) atoms. The second-order valence-electron chi connectivity index (χ2n) is 4.77. The second kappa shape index (κ2) is 6.92. The van der Waals surface area contributed by atoms with Crippen LogP contribution in [0.3, 0.4) is 0 Å². The van der Waals surface area contributed by atoms with Crippen LogP contribution in [0.4, 0.5) is 11.4 Å². The Labute approximate surface area is 121 Å². The van der Waals surface area contributed by atoms with Crippen molar-refractivity contribution in [2.24, 2.45) is 0 Å². The fourth-order valence-corrected chi connectivity index (χ4v) is 2.52. The number of rotatable bonds is 7. The van der Waals surface area contributed by atoms with Crippen molar-refractivity contribution in [3.05, 3.63) is 18.2 Å². The van der Waals surface area contributed by atoms with Crippen molar-refractivity contribution in [3.8, 4) is 0 Å². The lowest BCUT2D eigenvalue weighted by Crippen LogP contribution is -2.24. The van der Waals surface area contributed by atoms with Crippen LogP contribution in [0.2, 0.25) is 0 Å². The molecule has 0 radical (unpaired) electrons. The molecule has 3 N–H and O–H groups in total. The summed E-state index contributed by atoms with van der Waals surface area (Å²) in [5, 5.41) is 0. The average molecular weight is 301 g/mol. The Hall–Kier alpha value is -1.31. The quantitative estimate of drug-likeness (QED) is 0.735. The average Bonchev–Trinajstić information content (AvgIpc) is 2.37. The Balaban J connectivity index is 2.82. The van der Waals surface area contributed by atoms with Crippen LogP contribution in [0.25, 0.3) is 0 Å². The largest absolute Gasteiger partial charge is 0.398 e. The van der Waals surface area contributed by atoms with Gasteiger partial charge >= 0.3 is 0 Å². The van der Waals surface area contributed by atoms with Crippen LogP contribution in [-0.4, -0.2) is 41.8 Å². The molecule has 114 valence electrons. The van der Waals surface area contributed by atoms with Gasteiger partial charge in [-0.25, -0.2) is 13.1 Å². The molecule has 0 aliphatic heterocycles. The van der Waals surface area contributed by atoms with E-state index in [1.54, 1.807) is 12.1 Å². The molecule has 0 heterocycles. The van der Waals surface area contributed by atoms with Gasteiger partial charge in [-0.1, -0.05) is 0 Å². The van der Waals surface area contributed by atoms with Gasteiger partial charge in [0.15, 0.2) is 0 Å². The summed E-state index contributed by atoms with van der Waals surface area (Å²) in [5.74, 6) is 0. The number of sulfonamides is 1. The van der Waals surface area contributed by atoms with Gasteiger partial charge in [-0.05, 0) is 39.1 Å². The number of nitrogens with zero attached hydrogens (tertiary/aromatic N) is 1. The molecule has 0 aromatic heterocycles. The topological polar surface area (TPSA) is 84.7 Å². The van der Waals surface area contributed by atoms with Gasteiger partial charge < -0.3 is 15.4 Å². The standard InChI is InChI=1S/C13H23N3O3S/c1-10(2)19-8-7-16(4)11-5-6-13(12(14)9-11)20(17,18)15-3/h5-6,9-10,15H,7-8,14H2,1-4H3. The fraction of sp³-hybridized carbons (Fsp3) is 0.538. The van der Waals surface area contributed by atoms with Crippen molar-refractivity contribution in [1.29, 1.82) is 0 Å². The molecule has 0 spiro atoms. The Morgan fingerprint density at radius 2 is 2.05 bits per heavy atom. The van der Waals surface area contributed by atoms with Gasteiger partial charge in [-0.2, -0.15) is 0 Å². The summed E-state index contributed by atoms with van der Waals surface area (Å²) in [7, 11) is -0.251. The van der Waals surface area contributed by atoms with Gasteiger partial charge in [0.25, 0.3) is 0 Å². The maximum absolute atomic E-state index is 11.7. The van der Waals surface area contributed by atoms with Gasteiger partial charge in [-0.3, -0.25) is 0 Å². The Morgan fingerprint density at radius 1 is 1.40 bits per heavy atom. The first-order valence-corrected chi connectivity index (χ1v) is 7.92. The van der Waals surface area contributed by atoms with Gasteiger partial charge in [0.1, 0.15) is 4.90 Å². The molecule has 0 aliphatic rings. The van der Waals surface area contributed by atoms with E-state index < -0.39 is 10.0 Å². The maximum atomic E-state index is 11.7. The predicted molar refractivity (Wildman–Crippen MR) is 81.5 cm³/mol. The SMILES string of the molecule is CNS(=O)(=O)c1ccc(N(C)CCOC(C)C)cc1N. The minimum Gasteiger partial charge on any atom is -0.398 e. The van der Waals surface area contributed by atoms with Crippen LogP contribution in [0.15, 0.2) is 23.1 Å². The van der Waals surface area contributed by atoms with E-state index in [9.17, 15) is 8.42 Å². The first kappa shape index (κ1) is 16.7. The molecule has 1 aromatic rings. The van der Waals surface area contributed by atoms with Crippen molar-refractivity contribution in [1.82, 2.24) is 4.72 Å². The zero-order chi connectivity index (χ0) is 15.3. The second-order valence-corrected chi connectivity index (χ2v) is 6.63. The molecule has 0 bridgehead atoms. The number of hydrogen-bond acceptors (Lipinski definition) is 5. The van der Waals surface area contributed by atoms with Gasteiger partial charge in [0, 0.05) is 19.3 Å². The Morgan fingerprint density at radius 3 is 2.55 bits per heavy atom. The molecular formula is C13H23N3O3S. The van der Waals surface area contributed by atoms with E-state index in [1.165, 1.54) is 13.1 Å². The van der Waals surface area contributed by atoms with E-state index in [0.717, 1.165) is 5.69 Å². The molecule has 1 rings (SSSR count). The number of nitrogens with one attached hydrogen (secondary N) is 1. The molecule has 6 nitrogen and oxygen atoms in total. The lowest BCUT2D eigenvalue weighted by molar-refractivity contribution is 0.0846.